The Morgan fingerprint density at radius 2 is 1.96 bits per heavy atom. The number of carbonyl (C=O) groups excluding carboxylic acids is 1. The number of anilines is 1. The number of morpholine rings is 1. The van der Waals surface area contributed by atoms with Crippen molar-refractivity contribution in [3.63, 3.8) is 0 Å². The quantitative estimate of drug-likeness (QED) is 0.759. The topological polar surface area (TPSA) is 98.7 Å². The summed E-state index contributed by atoms with van der Waals surface area (Å²) in [5.41, 5.74) is 0. The first-order valence-corrected chi connectivity index (χ1v) is 8.31. The summed E-state index contributed by atoms with van der Waals surface area (Å²) in [7, 11) is 1.49. The van der Waals surface area contributed by atoms with E-state index in [-0.39, 0.29) is 25.1 Å². The molecule has 1 N–H and O–H groups in total. The van der Waals surface area contributed by atoms with Crippen LogP contribution in [0.3, 0.4) is 0 Å². The summed E-state index contributed by atoms with van der Waals surface area (Å²) in [6, 6.07) is 9.37. The summed E-state index contributed by atoms with van der Waals surface area (Å²) in [5.74, 6) is 1.32. The minimum absolute atomic E-state index is 0.0808. The van der Waals surface area contributed by atoms with Crippen molar-refractivity contribution >= 4 is 11.9 Å². The highest BCUT2D eigenvalue weighted by Gasteiger charge is 2.17. The van der Waals surface area contributed by atoms with E-state index in [0.29, 0.717) is 43.8 Å². The van der Waals surface area contributed by atoms with Crippen LogP contribution in [0.25, 0.3) is 0 Å². The average Bonchev–Trinajstić information content (AvgIpc) is 2.72. The molecule has 2 heterocycles. The number of ether oxygens (including phenoxy) is 3. The van der Waals surface area contributed by atoms with Crippen LogP contribution in [0.2, 0.25) is 0 Å². The number of benzene rings is 1. The molecule has 1 amide bonds. The Kier molecular flexibility index (Phi) is 6.15. The lowest BCUT2D eigenvalue weighted by molar-refractivity contribution is -0.123. The standard InChI is InChI=1S/C17H21N5O4/c1-24-17-20-14(19-16(21-17)22-7-9-25-10-8-22)11-18-15(23)12-26-13-5-3-2-4-6-13/h2-6H,7-12H2,1H3,(H,18,23). The van der Waals surface area contributed by atoms with Gasteiger partial charge in [-0.05, 0) is 12.1 Å². The molecule has 1 aliphatic rings. The second-order valence-corrected chi connectivity index (χ2v) is 5.52. The number of nitrogens with zero attached hydrogens (tertiary/aromatic N) is 4. The smallest absolute Gasteiger partial charge is 0.321 e. The summed E-state index contributed by atoms with van der Waals surface area (Å²) in [4.78, 5) is 26.8. The number of aromatic nitrogens is 3. The van der Waals surface area contributed by atoms with Crippen LogP contribution in [0.5, 0.6) is 11.8 Å². The van der Waals surface area contributed by atoms with Crippen molar-refractivity contribution in [2.24, 2.45) is 0 Å². The lowest BCUT2D eigenvalue weighted by Crippen LogP contribution is -2.38. The van der Waals surface area contributed by atoms with Gasteiger partial charge >= 0.3 is 6.01 Å². The molecule has 1 fully saturated rings. The second-order valence-electron chi connectivity index (χ2n) is 5.52. The van der Waals surface area contributed by atoms with Crippen molar-refractivity contribution in [2.75, 3.05) is 44.9 Å². The van der Waals surface area contributed by atoms with E-state index >= 15 is 0 Å². The minimum Gasteiger partial charge on any atom is -0.484 e. The molecule has 0 saturated carbocycles. The van der Waals surface area contributed by atoms with E-state index in [0.717, 1.165) is 0 Å². The summed E-state index contributed by atoms with van der Waals surface area (Å²) in [6.07, 6.45) is 0. The summed E-state index contributed by atoms with van der Waals surface area (Å²) >= 11 is 0. The Morgan fingerprint density at radius 1 is 1.19 bits per heavy atom. The molecule has 0 spiro atoms. The largest absolute Gasteiger partial charge is 0.484 e. The third-order valence-electron chi connectivity index (χ3n) is 3.68. The molecule has 1 saturated heterocycles. The van der Waals surface area contributed by atoms with E-state index in [4.69, 9.17) is 14.2 Å². The van der Waals surface area contributed by atoms with Crippen molar-refractivity contribution in [3.8, 4) is 11.8 Å². The first-order chi connectivity index (χ1) is 12.7. The van der Waals surface area contributed by atoms with Gasteiger partial charge in [-0.15, -0.1) is 0 Å². The van der Waals surface area contributed by atoms with E-state index in [1.165, 1.54) is 7.11 Å². The van der Waals surface area contributed by atoms with Crippen LogP contribution in [0, 0.1) is 0 Å². The Bertz CT molecular complexity index is 722. The fourth-order valence-corrected chi connectivity index (χ4v) is 2.36. The van der Waals surface area contributed by atoms with E-state index in [9.17, 15) is 4.79 Å². The molecule has 0 unspecified atom stereocenters. The Labute approximate surface area is 151 Å². The van der Waals surface area contributed by atoms with Crippen LogP contribution in [0.15, 0.2) is 30.3 Å². The van der Waals surface area contributed by atoms with Gasteiger partial charge in [0.1, 0.15) is 5.75 Å². The molecular weight excluding hydrogens is 338 g/mol. The zero-order chi connectivity index (χ0) is 18.2. The zero-order valence-electron chi connectivity index (χ0n) is 14.6. The first kappa shape index (κ1) is 17.9. The maximum atomic E-state index is 12.0. The van der Waals surface area contributed by atoms with Crippen LogP contribution in [-0.2, 0) is 16.1 Å². The van der Waals surface area contributed by atoms with Crippen LogP contribution in [0.1, 0.15) is 5.82 Å². The monoisotopic (exact) mass is 359 g/mol. The number of para-hydroxylation sites is 1. The molecule has 1 aromatic heterocycles. The molecule has 26 heavy (non-hydrogen) atoms. The molecule has 0 bridgehead atoms. The second kappa shape index (κ2) is 8.95. The van der Waals surface area contributed by atoms with Gasteiger partial charge in [0, 0.05) is 13.1 Å². The molecular formula is C17H21N5O4. The van der Waals surface area contributed by atoms with Gasteiger partial charge in [-0.25, -0.2) is 0 Å². The molecule has 2 aromatic rings. The van der Waals surface area contributed by atoms with Crippen LogP contribution in [0.4, 0.5) is 5.95 Å². The minimum atomic E-state index is -0.263. The van der Waals surface area contributed by atoms with Gasteiger partial charge in [0.2, 0.25) is 5.95 Å². The maximum absolute atomic E-state index is 12.0. The maximum Gasteiger partial charge on any atom is 0.321 e. The van der Waals surface area contributed by atoms with E-state index < -0.39 is 0 Å². The van der Waals surface area contributed by atoms with Gasteiger partial charge in [0.05, 0.1) is 26.9 Å². The van der Waals surface area contributed by atoms with Gasteiger partial charge in [-0.1, -0.05) is 18.2 Å². The molecule has 1 aromatic carbocycles. The lowest BCUT2D eigenvalue weighted by Gasteiger charge is -2.26. The molecule has 3 rings (SSSR count). The normalized spacial score (nSPS) is 14.0. The predicted molar refractivity (Wildman–Crippen MR) is 93.2 cm³/mol. The zero-order valence-corrected chi connectivity index (χ0v) is 14.6. The van der Waals surface area contributed by atoms with Crippen molar-refractivity contribution in [1.29, 1.82) is 0 Å². The lowest BCUT2D eigenvalue weighted by atomic mass is 10.3. The van der Waals surface area contributed by atoms with Crippen LogP contribution in [-0.4, -0.2) is 60.9 Å². The Balaban J connectivity index is 1.57. The first-order valence-electron chi connectivity index (χ1n) is 8.31. The fourth-order valence-electron chi connectivity index (χ4n) is 2.36. The van der Waals surface area contributed by atoms with Gasteiger partial charge in [0.15, 0.2) is 12.4 Å². The molecule has 1 aliphatic heterocycles. The number of carbonyl (C=O) groups is 1. The highest BCUT2D eigenvalue weighted by molar-refractivity contribution is 5.77. The van der Waals surface area contributed by atoms with Crippen molar-refractivity contribution in [1.82, 2.24) is 20.3 Å². The summed E-state index contributed by atoms with van der Waals surface area (Å²) in [6.45, 7) is 2.72. The Morgan fingerprint density at radius 3 is 2.69 bits per heavy atom. The highest BCUT2D eigenvalue weighted by atomic mass is 16.5. The summed E-state index contributed by atoms with van der Waals surface area (Å²) in [5, 5.41) is 2.74. The van der Waals surface area contributed by atoms with E-state index in [1.807, 2.05) is 23.1 Å². The number of rotatable bonds is 7. The van der Waals surface area contributed by atoms with E-state index in [1.54, 1.807) is 12.1 Å². The van der Waals surface area contributed by atoms with Crippen LogP contribution < -0.4 is 19.7 Å². The molecule has 9 heteroatoms. The SMILES string of the molecule is COc1nc(CNC(=O)COc2ccccc2)nc(N2CCOCC2)n1. The summed E-state index contributed by atoms with van der Waals surface area (Å²) < 4.78 is 15.9. The molecule has 138 valence electrons. The number of methoxy groups -OCH3 is 1. The third-order valence-corrected chi connectivity index (χ3v) is 3.68. The van der Waals surface area contributed by atoms with Crippen LogP contribution >= 0.6 is 0 Å². The molecule has 0 aliphatic carbocycles. The van der Waals surface area contributed by atoms with E-state index in [2.05, 4.69) is 20.3 Å². The number of nitrogens with one attached hydrogen (secondary N) is 1. The van der Waals surface area contributed by atoms with Crippen molar-refractivity contribution in [2.45, 2.75) is 6.54 Å². The van der Waals surface area contributed by atoms with Crippen molar-refractivity contribution in [3.05, 3.63) is 36.2 Å². The van der Waals surface area contributed by atoms with Gasteiger partial charge in [0.25, 0.3) is 5.91 Å². The predicted octanol–water partition coefficient (Wildman–Crippen LogP) is 0.412. The number of amides is 1. The van der Waals surface area contributed by atoms with Gasteiger partial charge < -0.3 is 24.4 Å². The van der Waals surface area contributed by atoms with Crippen molar-refractivity contribution < 1.29 is 19.0 Å². The third kappa shape index (κ3) is 5.03. The van der Waals surface area contributed by atoms with Gasteiger partial charge in [-0.3, -0.25) is 4.79 Å². The molecule has 9 nitrogen and oxygen atoms in total. The average molecular weight is 359 g/mol. The number of hydrogen-bond acceptors (Lipinski definition) is 8. The molecule has 0 atom stereocenters. The fraction of sp³-hybridized carbons (Fsp3) is 0.412. The van der Waals surface area contributed by atoms with Gasteiger partial charge in [-0.2, -0.15) is 15.0 Å². The molecule has 0 radical (unpaired) electrons. The number of hydrogen-bond donors (Lipinski definition) is 1. The highest BCUT2D eigenvalue weighted by Crippen LogP contribution is 2.13. The Hall–Kier alpha value is -2.94.